The fraction of sp³-hybridized carbons (Fsp3) is 0.143. The molecule has 0 atom stereocenters. The van der Waals surface area contributed by atoms with E-state index in [0.29, 0.717) is 5.82 Å². The zero-order valence-electron chi connectivity index (χ0n) is 7.54. The average Bonchev–Trinajstić information content (AvgIpc) is 2.61. The van der Waals surface area contributed by atoms with E-state index in [-0.39, 0.29) is 17.3 Å². The molecule has 0 aromatic carbocycles. The largest absolute Gasteiger partial charge is 0.375 e. The number of primary amides is 1. The van der Waals surface area contributed by atoms with E-state index in [0.717, 1.165) is 0 Å². The van der Waals surface area contributed by atoms with E-state index in [1.54, 1.807) is 6.20 Å². The number of aliphatic hydroxyl groups excluding tert-OH is 1. The monoisotopic (exact) mass is 226 g/mol. The summed E-state index contributed by atoms with van der Waals surface area (Å²) in [6.07, 6.45) is 2.87. The van der Waals surface area contributed by atoms with Gasteiger partial charge in [-0.1, -0.05) is 12.6 Å². The number of nitrogens with zero attached hydrogens (tertiary/aromatic N) is 3. The molecule has 2 aliphatic rings. The quantitative estimate of drug-likeness (QED) is 0.547. The first kappa shape index (κ1) is 9.90. The van der Waals surface area contributed by atoms with Gasteiger partial charge in [-0.05, 0) is 0 Å². The third-order valence-electron chi connectivity index (χ3n) is 1.91. The van der Waals surface area contributed by atoms with Gasteiger partial charge in [-0.3, -0.25) is 9.80 Å². The lowest BCUT2D eigenvalue weighted by atomic mass is 10.3. The number of carbonyl (C=O) groups excluding carboxylic acids is 1. The second kappa shape index (κ2) is 3.50. The Labute approximate surface area is 90.9 Å². The van der Waals surface area contributed by atoms with Crippen LogP contribution in [-0.2, 0) is 4.79 Å². The first-order valence-electron chi connectivity index (χ1n) is 4.04. The Balaban J connectivity index is 2.33. The van der Waals surface area contributed by atoms with Crippen LogP contribution in [0.3, 0.4) is 0 Å². The molecule has 4 N–H and O–H groups in total. The number of nitrogens with one attached hydrogen (secondary N) is 1. The van der Waals surface area contributed by atoms with Crippen LogP contribution in [-0.4, -0.2) is 34.0 Å². The van der Waals surface area contributed by atoms with Gasteiger partial charge in [-0.15, -0.1) is 5.53 Å². The Hall–Kier alpha value is -1.64. The molecule has 0 unspecified atom stereocenters. The topological polar surface area (TPSA) is 94.2 Å². The number of rotatable bonds is 2. The second-order valence-electron chi connectivity index (χ2n) is 2.88. The van der Waals surface area contributed by atoms with Crippen molar-refractivity contribution in [3.63, 3.8) is 0 Å². The molecule has 8 heteroatoms. The molecule has 2 rings (SSSR count). The highest BCUT2D eigenvalue weighted by Gasteiger charge is 2.28. The van der Waals surface area contributed by atoms with Crippen molar-refractivity contribution in [2.75, 3.05) is 6.73 Å². The van der Waals surface area contributed by atoms with Crippen LogP contribution in [0.1, 0.15) is 0 Å². The summed E-state index contributed by atoms with van der Waals surface area (Å²) in [5.74, 6) is -0.133. The van der Waals surface area contributed by atoms with Crippen molar-refractivity contribution in [2.45, 2.75) is 0 Å². The maximum atomic E-state index is 11.0. The summed E-state index contributed by atoms with van der Waals surface area (Å²) in [5.41, 5.74) is 8.00. The summed E-state index contributed by atoms with van der Waals surface area (Å²) >= 11 is 5.03. The fourth-order valence-electron chi connectivity index (χ4n) is 1.19. The lowest BCUT2D eigenvalue weighted by Crippen LogP contribution is -2.41. The van der Waals surface area contributed by atoms with Gasteiger partial charge in [0.1, 0.15) is 11.8 Å². The minimum atomic E-state index is -0.632. The summed E-state index contributed by atoms with van der Waals surface area (Å²) in [6.45, 7) is -0.232. The maximum Gasteiger partial charge on any atom is 0.253 e. The molecule has 0 fully saturated rings. The number of hydrogen-bond donors (Lipinski definition) is 3. The highest BCUT2D eigenvalue weighted by Crippen LogP contribution is 2.25. The van der Waals surface area contributed by atoms with E-state index in [9.17, 15) is 4.79 Å². The molecule has 1 radical (unpaired) electrons. The number of fused-ring (bicyclic) bond motifs is 1. The number of hydrazine groups is 2. The van der Waals surface area contributed by atoms with Crippen molar-refractivity contribution >= 4 is 24.8 Å². The zero-order valence-corrected chi connectivity index (χ0v) is 8.36. The zero-order chi connectivity index (χ0) is 11.0. The number of amides is 1. The molecule has 0 saturated heterocycles. The van der Waals surface area contributed by atoms with Crippen molar-refractivity contribution in [1.82, 2.24) is 15.6 Å². The molecule has 0 aliphatic carbocycles. The highest BCUT2D eigenvalue weighted by atomic mass is 32.1. The van der Waals surface area contributed by atoms with E-state index in [1.165, 1.54) is 16.2 Å². The fourth-order valence-corrected chi connectivity index (χ4v) is 1.48. The summed E-state index contributed by atoms with van der Waals surface area (Å²) in [6, 6.07) is 0. The molecule has 0 aromatic rings. The molecule has 7 nitrogen and oxygen atoms in total. The summed E-state index contributed by atoms with van der Waals surface area (Å²) < 4.78 is 0. The lowest BCUT2D eigenvalue weighted by molar-refractivity contribution is -0.114. The molecule has 79 valence electrons. The maximum absolute atomic E-state index is 11.0. The van der Waals surface area contributed by atoms with E-state index < -0.39 is 5.91 Å². The van der Waals surface area contributed by atoms with Gasteiger partial charge in [0.2, 0.25) is 0 Å². The standard InChI is InChI=1S/C7H8N5O2S/c8-6(14)4-1-9-5-2-11(3-13)10-12(5)7(4)15/h1-2,10,13H,3H2,(H2,8,14). The van der Waals surface area contributed by atoms with Crippen LogP contribution in [0.2, 0.25) is 0 Å². The SMILES string of the molecule is NC(=O)C1=C([S])N2NN(CO)C=C2N=C1. The third kappa shape index (κ3) is 1.54. The minimum Gasteiger partial charge on any atom is -0.375 e. The first-order chi connectivity index (χ1) is 7.13. The van der Waals surface area contributed by atoms with E-state index in [2.05, 4.69) is 10.5 Å². The van der Waals surface area contributed by atoms with Crippen molar-refractivity contribution < 1.29 is 9.90 Å². The molecular weight excluding hydrogens is 218 g/mol. The van der Waals surface area contributed by atoms with Gasteiger partial charge < -0.3 is 10.8 Å². The van der Waals surface area contributed by atoms with Crippen LogP contribution in [0.15, 0.2) is 27.6 Å². The number of carbonyl (C=O) groups is 1. The van der Waals surface area contributed by atoms with Gasteiger partial charge >= 0.3 is 0 Å². The Morgan fingerprint density at radius 1 is 1.73 bits per heavy atom. The number of aliphatic hydroxyl groups is 1. The minimum absolute atomic E-state index is 0.162. The Kier molecular flexibility index (Phi) is 2.31. The van der Waals surface area contributed by atoms with Crippen LogP contribution < -0.4 is 11.3 Å². The van der Waals surface area contributed by atoms with Gasteiger partial charge in [0, 0.05) is 6.21 Å². The molecular formula is C7H8N5O2S. The van der Waals surface area contributed by atoms with E-state index >= 15 is 0 Å². The predicted molar refractivity (Wildman–Crippen MR) is 54.3 cm³/mol. The molecule has 0 saturated carbocycles. The normalized spacial score (nSPS) is 19.4. The average molecular weight is 226 g/mol. The number of nitrogens with two attached hydrogens (primary N) is 1. The van der Waals surface area contributed by atoms with Crippen LogP contribution in [0, 0.1) is 0 Å². The van der Waals surface area contributed by atoms with Gasteiger partial charge in [0.25, 0.3) is 5.91 Å². The molecule has 0 bridgehead atoms. The van der Waals surface area contributed by atoms with E-state index in [1.807, 2.05) is 0 Å². The van der Waals surface area contributed by atoms with Gasteiger partial charge in [-0.25, -0.2) is 10.0 Å². The van der Waals surface area contributed by atoms with Crippen molar-refractivity contribution in [3.05, 3.63) is 22.6 Å². The van der Waals surface area contributed by atoms with Crippen molar-refractivity contribution in [1.29, 1.82) is 0 Å². The highest BCUT2D eigenvalue weighted by molar-refractivity contribution is 7.84. The number of aliphatic imine (C=N–C) groups is 1. The molecule has 1 amide bonds. The third-order valence-corrected chi connectivity index (χ3v) is 2.31. The number of hydrogen-bond acceptors (Lipinski definition) is 6. The van der Waals surface area contributed by atoms with E-state index in [4.69, 9.17) is 23.5 Å². The summed E-state index contributed by atoms with van der Waals surface area (Å²) in [7, 11) is 0. The van der Waals surface area contributed by atoms with Gasteiger partial charge in [-0.2, -0.15) is 0 Å². The molecule has 2 heterocycles. The Bertz CT molecular complexity index is 402. The van der Waals surface area contributed by atoms with Crippen LogP contribution in [0.25, 0.3) is 0 Å². The second-order valence-corrected chi connectivity index (χ2v) is 3.26. The van der Waals surface area contributed by atoms with Crippen molar-refractivity contribution in [3.8, 4) is 0 Å². The summed E-state index contributed by atoms with van der Waals surface area (Å²) in [5, 5.41) is 11.9. The molecule has 15 heavy (non-hydrogen) atoms. The molecule has 0 aromatic heterocycles. The predicted octanol–water partition coefficient (Wildman–Crippen LogP) is -1.25. The van der Waals surface area contributed by atoms with Crippen molar-refractivity contribution in [2.24, 2.45) is 10.7 Å². The van der Waals surface area contributed by atoms with Gasteiger partial charge in [0.05, 0.1) is 11.8 Å². The smallest absolute Gasteiger partial charge is 0.253 e. The Morgan fingerprint density at radius 3 is 3.07 bits per heavy atom. The molecule has 0 spiro atoms. The Morgan fingerprint density at radius 2 is 2.47 bits per heavy atom. The van der Waals surface area contributed by atoms with Crippen LogP contribution >= 0.6 is 12.6 Å². The van der Waals surface area contributed by atoms with Gasteiger partial charge in [0.15, 0.2) is 5.82 Å². The van der Waals surface area contributed by atoms with Crippen LogP contribution in [0.5, 0.6) is 0 Å². The van der Waals surface area contributed by atoms with Crippen LogP contribution in [0.4, 0.5) is 0 Å². The summed E-state index contributed by atoms with van der Waals surface area (Å²) in [4.78, 5) is 14.9. The molecule has 2 aliphatic heterocycles. The first-order valence-corrected chi connectivity index (χ1v) is 4.45. The lowest BCUT2D eigenvalue weighted by Gasteiger charge is -2.24.